The van der Waals surface area contributed by atoms with Gasteiger partial charge in [0.15, 0.2) is 0 Å². The van der Waals surface area contributed by atoms with Gasteiger partial charge in [0, 0.05) is 30.9 Å². The molecule has 0 amide bonds. The number of fused-ring (bicyclic) bond motifs is 1. The largest absolute Gasteiger partial charge is 0.493 e. The van der Waals surface area contributed by atoms with Crippen molar-refractivity contribution in [3.8, 4) is 5.75 Å². The van der Waals surface area contributed by atoms with Gasteiger partial charge in [0.05, 0.1) is 30.1 Å². The van der Waals surface area contributed by atoms with E-state index in [0.29, 0.717) is 26.0 Å². The number of ether oxygens (including phenoxy) is 1. The summed E-state index contributed by atoms with van der Waals surface area (Å²) in [5, 5.41) is 9.94. The Morgan fingerprint density at radius 1 is 1.26 bits per heavy atom. The van der Waals surface area contributed by atoms with E-state index < -0.39 is 5.97 Å². The van der Waals surface area contributed by atoms with Gasteiger partial charge < -0.3 is 19.3 Å². The summed E-state index contributed by atoms with van der Waals surface area (Å²) in [5.74, 6) is 0.467. The highest BCUT2D eigenvalue weighted by Gasteiger charge is 2.16. The van der Waals surface area contributed by atoms with Crippen molar-refractivity contribution in [3.63, 3.8) is 0 Å². The molecule has 2 aromatic carbocycles. The van der Waals surface area contributed by atoms with Crippen LogP contribution in [0.4, 0.5) is 5.69 Å². The number of carbonyl (C=O) groups is 1. The number of imidazole rings is 1. The zero-order chi connectivity index (χ0) is 22.7. The van der Waals surface area contributed by atoms with Crippen molar-refractivity contribution in [1.29, 1.82) is 0 Å². The molecule has 6 nitrogen and oxygen atoms in total. The van der Waals surface area contributed by atoms with Crippen molar-refractivity contribution in [3.05, 3.63) is 52.3 Å². The van der Waals surface area contributed by atoms with Gasteiger partial charge in [-0.25, -0.2) is 4.98 Å². The number of hydrogen-bond donors (Lipinski definition) is 1. The van der Waals surface area contributed by atoms with Gasteiger partial charge in [-0.15, -0.1) is 0 Å². The molecule has 0 fully saturated rings. The Hall–Kier alpha value is -2.73. The molecule has 1 N–H and O–H groups in total. The molecule has 0 saturated carbocycles. The average molecular weight is 444 g/mol. The monoisotopic (exact) mass is 443 g/mol. The summed E-state index contributed by atoms with van der Waals surface area (Å²) < 4.78 is 8.06. The summed E-state index contributed by atoms with van der Waals surface area (Å²) in [4.78, 5) is 18.0. The Labute approximate surface area is 188 Å². The van der Waals surface area contributed by atoms with Gasteiger partial charge in [0.25, 0.3) is 0 Å². The number of carboxylic acid groups (broad SMARTS) is 1. The molecule has 0 aliphatic carbocycles. The number of hydrogen-bond acceptors (Lipinski definition) is 4. The first-order valence-corrected chi connectivity index (χ1v) is 10.9. The van der Waals surface area contributed by atoms with E-state index in [1.54, 1.807) is 0 Å². The number of carboxylic acids is 1. The third-order valence-corrected chi connectivity index (χ3v) is 6.02. The van der Waals surface area contributed by atoms with Gasteiger partial charge in [0.1, 0.15) is 11.6 Å². The van der Waals surface area contributed by atoms with E-state index in [2.05, 4.69) is 10.6 Å². The fourth-order valence-corrected chi connectivity index (χ4v) is 3.93. The second kappa shape index (κ2) is 9.60. The van der Waals surface area contributed by atoms with Crippen LogP contribution in [0, 0.1) is 19.8 Å². The lowest BCUT2D eigenvalue weighted by Gasteiger charge is -2.15. The van der Waals surface area contributed by atoms with Crippen LogP contribution < -0.4 is 9.64 Å². The van der Waals surface area contributed by atoms with Crippen LogP contribution in [-0.4, -0.2) is 41.3 Å². The molecular weight excluding hydrogens is 414 g/mol. The molecule has 1 heterocycles. The standard InChI is InChI=1S/C24H30ClN3O3/c1-6-17(24(29)30)9-10-31-20-11-15(2)23-22(13-20)28(16(3)26-23)14-18-7-8-19(27(4)5)12-21(18)25/h7-8,11-13,17H,6,9-10,14H2,1-5H3,(H,29,30). The molecule has 3 rings (SSSR count). The fourth-order valence-electron chi connectivity index (χ4n) is 3.69. The maximum atomic E-state index is 11.2. The molecule has 166 valence electrons. The molecule has 0 saturated heterocycles. The maximum absolute atomic E-state index is 11.2. The minimum Gasteiger partial charge on any atom is -0.493 e. The molecule has 7 heteroatoms. The van der Waals surface area contributed by atoms with Crippen molar-refractivity contribution in [2.24, 2.45) is 5.92 Å². The lowest BCUT2D eigenvalue weighted by atomic mass is 10.0. The van der Waals surface area contributed by atoms with Crippen molar-refractivity contribution >= 4 is 34.3 Å². The van der Waals surface area contributed by atoms with Gasteiger partial charge in [-0.3, -0.25) is 4.79 Å². The molecule has 0 spiro atoms. The predicted molar refractivity (Wildman–Crippen MR) is 126 cm³/mol. The van der Waals surface area contributed by atoms with Crippen molar-refractivity contribution < 1.29 is 14.6 Å². The van der Waals surface area contributed by atoms with Crippen molar-refractivity contribution in [2.45, 2.75) is 40.2 Å². The maximum Gasteiger partial charge on any atom is 0.306 e. The van der Waals surface area contributed by atoms with Crippen LogP contribution in [0.1, 0.15) is 36.7 Å². The highest BCUT2D eigenvalue weighted by Crippen LogP contribution is 2.29. The van der Waals surface area contributed by atoms with Gasteiger partial charge >= 0.3 is 5.97 Å². The summed E-state index contributed by atoms with van der Waals surface area (Å²) in [5.41, 5.74) is 5.01. The van der Waals surface area contributed by atoms with Crippen LogP contribution in [-0.2, 0) is 11.3 Å². The molecule has 0 aliphatic heterocycles. The highest BCUT2D eigenvalue weighted by atomic mass is 35.5. The zero-order valence-electron chi connectivity index (χ0n) is 18.8. The zero-order valence-corrected chi connectivity index (χ0v) is 19.5. The normalized spacial score (nSPS) is 12.2. The topological polar surface area (TPSA) is 67.6 Å². The second-order valence-electron chi connectivity index (χ2n) is 8.10. The fraction of sp³-hybridized carbons (Fsp3) is 0.417. The van der Waals surface area contributed by atoms with Crippen molar-refractivity contribution in [1.82, 2.24) is 9.55 Å². The number of halogens is 1. The molecule has 0 bridgehead atoms. The Kier molecular flexibility index (Phi) is 7.11. The first-order chi connectivity index (χ1) is 14.7. The molecule has 0 aliphatic rings. The van der Waals surface area contributed by atoms with E-state index in [1.165, 1.54) is 0 Å². The second-order valence-corrected chi connectivity index (χ2v) is 8.51. The quantitative estimate of drug-likeness (QED) is 0.486. The number of anilines is 1. The Morgan fingerprint density at radius 3 is 2.61 bits per heavy atom. The summed E-state index contributed by atoms with van der Waals surface area (Å²) >= 11 is 6.56. The molecule has 0 radical (unpaired) electrons. The third kappa shape index (κ3) is 5.13. The van der Waals surface area contributed by atoms with Crippen molar-refractivity contribution in [2.75, 3.05) is 25.6 Å². The minimum atomic E-state index is -0.774. The van der Waals surface area contributed by atoms with Gasteiger partial charge in [-0.2, -0.15) is 0 Å². The predicted octanol–water partition coefficient (Wildman–Crippen LogP) is 5.30. The van der Waals surface area contributed by atoms with E-state index in [0.717, 1.165) is 44.4 Å². The van der Waals surface area contributed by atoms with E-state index >= 15 is 0 Å². The van der Waals surface area contributed by atoms with E-state index in [9.17, 15) is 9.90 Å². The number of nitrogens with zero attached hydrogens (tertiary/aromatic N) is 3. The summed E-state index contributed by atoms with van der Waals surface area (Å²) in [6.07, 6.45) is 1.07. The Morgan fingerprint density at radius 2 is 2.00 bits per heavy atom. The summed E-state index contributed by atoms with van der Waals surface area (Å²) in [6.45, 7) is 6.85. The van der Waals surface area contributed by atoms with Crippen LogP contribution in [0.2, 0.25) is 5.02 Å². The Balaban J connectivity index is 1.87. The molecule has 3 aromatic rings. The lowest BCUT2D eigenvalue weighted by molar-refractivity contribution is -0.142. The van der Waals surface area contributed by atoms with Gasteiger partial charge in [-0.1, -0.05) is 24.6 Å². The smallest absolute Gasteiger partial charge is 0.306 e. The molecular formula is C24H30ClN3O3. The van der Waals surface area contributed by atoms with Crippen LogP contribution in [0.5, 0.6) is 5.75 Å². The molecule has 31 heavy (non-hydrogen) atoms. The average Bonchev–Trinajstić information content (AvgIpc) is 3.02. The van der Waals surface area contributed by atoms with Gasteiger partial charge in [0.2, 0.25) is 0 Å². The summed E-state index contributed by atoms with van der Waals surface area (Å²) in [6, 6.07) is 10.0. The van der Waals surface area contributed by atoms with Crippen LogP contribution >= 0.6 is 11.6 Å². The van der Waals surface area contributed by atoms with Crippen LogP contribution in [0.3, 0.4) is 0 Å². The lowest BCUT2D eigenvalue weighted by Crippen LogP contribution is -2.16. The first kappa shape index (κ1) is 22.9. The Bertz CT molecular complexity index is 1090. The number of rotatable bonds is 9. The van der Waals surface area contributed by atoms with Crippen LogP contribution in [0.25, 0.3) is 11.0 Å². The SMILES string of the molecule is CCC(CCOc1cc(C)c2nc(C)n(Cc3ccc(N(C)C)cc3Cl)c2c1)C(=O)O. The first-order valence-electron chi connectivity index (χ1n) is 10.5. The third-order valence-electron chi connectivity index (χ3n) is 5.67. The number of aryl methyl sites for hydroxylation is 2. The number of aliphatic carboxylic acids is 1. The van der Waals surface area contributed by atoms with Crippen LogP contribution in [0.15, 0.2) is 30.3 Å². The van der Waals surface area contributed by atoms with E-state index in [-0.39, 0.29) is 5.92 Å². The molecule has 1 unspecified atom stereocenters. The van der Waals surface area contributed by atoms with E-state index in [1.807, 2.05) is 64.0 Å². The van der Waals surface area contributed by atoms with Gasteiger partial charge in [-0.05, 0) is 56.0 Å². The van der Waals surface area contributed by atoms with E-state index in [4.69, 9.17) is 21.3 Å². The molecule has 1 atom stereocenters. The number of benzene rings is 2. The molecule has 1 aromatic heterocycles. The highest BCUT2D eigenvalue weighted by molar-refractivity contribution is 6.31. The summed E-state index contributed by atoms with van der Waals surface area (Å²) in [7, 11) is 3.98. The minimum absolute atomic E-state index is 0.362. The number of aromatic nitrogens is 2.